The molecule has 0 aliphatic carbocycles. The zero-order valence-electron chi connectivity index (χ0n) is 6.01. The molecule has 0 aliphatic heterocycles. The van der Waals surface area contributed by atoms with Gasteiger partial charge in [-0.1, -0.05) is 0 Å². The number of rotatable bonds is 4. The minimum atomic E-state index is 0.403. The fraction of sp³-hybridized carbons (Fsp3) is 0.667. The van der Waals surface area contributed by atoms with E-state index in [0.717, 1.165) is 0 Å². The van der Waals surface area contributed by atoms with Crippen LogP contribution in [0.3, 0.4) is 0 Å². The van der Waals surface area contributed by atoms with Crippen LogP contribution in [-0.4, -0.2) is 20.8 Å². The zero-order valence-corrected chi connectivity index (χ0v) is 6.01. The lowest BCUT2D eigenvalue weighted by Crippen LogP contribution is -1.93. The largest absolute Gasteiger partial charge is 0.497 e. The van der Waals surface area contributed by atoms with E-state index in [1.54, 1.807) is 0 Å². The molecule has 0 heterocycles. The van der Waals surface area contributed by atoms with Crippen LogP contribution < -0.4 is 0 Å². The van der Waals surface area contributed by atoms with Crippen molar-refractivity contribution in [2.45, 2.75) is 6.92 Å². The molecule has 0 spiro atoms. The highest BCUT2D eigenvalue weighted by molar-refractivity contribution is 4.73. The number of ether oxygens (including phenoxy) is 3. The van der Waals surface area contributed by atoms with Crippen molar-refractivity contribution < 1.29 is 14.2 Å². The van der Waals surface area contributed by atoms with Crippen LogP contribution >= 0.6 is 0 Å². The fourth-order valence-electron chi connectivity index (χ4n) is 0.380. The molecule has 0 rings (SSSR count). The van der Waals surface area contributed by atoms with Gasteiger partial charge in [0.15, 0.2) is 6.26 Å². The molecule has 0 N–H and O–H groups in total. The molecule has 0 saturated carbocycles. The van der Waals surface area contributed by atoms with Gasteiger partial charge in [0.25, 0.3) is 0 Å². The van der Waals surface area contributed by atoms with Crippen LogP contribution in [0.5, 0.6) is 0 Å². The third-order valence-corrected chi connectivity index (χ3v) is 0.702. The highest BCUT2D eigenvalue weighted by atomic mass is 16.7. The summed E-state index contributed by atoms with van der Waals surface area (Å²) >= 11 is 0. The third kappa shape index (κ3) is 3.70. The molecule has 0 aromatic rings. The number of hydrogen-bond acceptors (Lipinski definition) is 3. The Morgan fingerprint density at radius 2 is 2.11 bits per heavy atom. The van der Waals surface area contributed by atoms with Crippen molar-refractivity contribution in [2.24, 2.45) is 0 Å². The molecule has 0 unspecified atom stereocenters. The van der Waals surface area contributed by atoms with Crippen LogP contribution in [0.25, 0.3) is 0 Å². The van der Waals surface area contributed by atoms with E-state index in [1.807, 2.05) is 6.92 Å². The van der Waals surface area contributed by atoms with Crippen molar-refractivity contribution in [3.05, 3.63) is 12.2 Å². The lowest BCUT2D eigenvalue weighted by atomic mass is 10.8. The topological polar surface area (TPSA) is 27.7 Å². The Hall–Kier alpha value is -0.860. The SMILES string of the molecule is CCO/C(=C\OC)OC. The zero-order chi connectivity index (χ0) is 7.11. The van der Waals surface area contributed by atoms with Crippen molar-refractivity contribution in [1.82, 2.24) is 0 Å². The first-order valence-electron chi connectivity index (χ1n) is 2.74. The van der Waals surface area contributed by atoms with E-state index in [-0.39, 0.29) is 0 Å². The Morgan fingerprint density at radius 1 is 1.44 bits per heavy atom. The maximum atomic E-state index is 4.95. The summed E-state index contributed by atoms with van der Waals surface area (Å²) in [7, 11) is 3.07. The Bertz CT molecular complexity index is 88.3. The van der Waals surface area contributed by atoms with Gasteiger partial charge in [0, 0.05) is 0 Å². The Labute approximate surface area is 55.2 Å². The molecule has 0 radical (unpaired) electrons. The first-order chi connectivity index (χ1) is 4.35. The van der Waals surface area contributed by atoms with E-state index < -0.39 is 0 Å². The van der Waals surface area contributed by atoms with Crippen molar-refractivity contribution in [2.75, 3.05) is 20.8 Å². The summed E-state index contributed by atoms with van der Waals surface area (Å²) in [6, 6.07) is 0. The van der Waals surface area contributed by atoms with E-state index in [9.17, 15) is 0 Å². The predicted molar refractivity (Wildman–Crippen MR) is 33.7 cm³/mol. The van der Waals surface area contributed by atoms with Crippen molar-refractivity contribution in [3.63, 3.8) is 0 Å². The molecule has 3 nitrogen and oxygen atoms in total. The molecule has 54 valence electrons. The molecule has 0 atom stereocenters. The average molecular weight is 132 g/mol. The van der Waals surface area contributed by atoms with E-state index in [2.05, 4.69) is 4.74 Å². The Kier molecular flexibility index (Phi) is 4.78. The van der Waals surface area contributed by atoms with Gasteiger partial charge in [0.2, 0.25) is 0 Å². The lowest BCUT2D eigenvalue weighted by Gasteiger charge is -2.04. The standard InChI is InChI=1S/C6H12O3/c1-4-9-6(8-3)5-7-2/h5H,4H2,1-3H3/b6-5-. The highest BCUT2D eigenvalue weighted by Crippen LogP contribution is 1.95. The average Bonchev–Trinajstić information content (AvgIpc) is 1.88. The molecule has 0 amide bonds. The number of methoxy groups -OCH3 is 2. The summed E-state index contributed by atoms with van der Waals surface area (Å²) in [6.07, 6.45) is 1.41. The third-order valence-electron chi connectivity index (χ3n) is 0.702. The smallest absolute Gasteiger partial charge is 0.315 e. The van der Waals surface area contributed by atoms with Crippen LogP contribution in [0.4, 0.5) is 0 Å². The molecule has 0 aromatic heterocycles. The molecule has 0 saturated heterocycles. The van der Waals surface area contributed by atoms with Gasteiger partial charge in [-0.2, -0.15) is 0 Å². The van der Waals surface area contributed by atoms with Crippen molar-refractivity contribution >= 4 is 0 Å². The molecular formula is C6H12O3. The highest BCUT2D eigenvalue weighted by Gasteiger charge is 1.91. The molecule has 0 fully saturated rings. The Morgan fingerprint density at radius 3 is 2.44 bits per heavy atom. The first-order valence-corrected chi connectivity index (χ1v) is 2.74. The van der Waals surface area contributed by atoms with E-state index in [4.69, 9.17) is 9.47 Å². The Balaban J connectivity index is 3.53. The summed E-state index contributed by atoms with van der Waals surface area (Å²) in [4.78, 5) is 0. The maximum absolute atomic E-state index is 4.95. The van der Waals surface area contributed by atoms with Gasteiger partial charge in [0.1, 0.15) is 0 Å². The fourth-order valence-corrected chi connectivity index (χ4v) is 0.380. The van der Waals surface area contributed by atoms with Gasteiger partial charge in [-0.05, 0) is 6.92 Å². The van der Waals surface area contributed by atoms with Gasteiger partial charge in [-0.15, -0.1) is 0 Å². The van der Waals surface area contributed by atoms with E-state index in [1.165, 1.54) is 20.5 Å². The van der Waals surface area contributed by atoms with Crippen LogP contribution in [-0.2, 0) is 14.2 Å². The molecule has 9 heavy (non-hydrogen) atoms. The van der Waals surface area contributed by atoms with E-state index >= 15 is 0 Å². The number of hydrogen-bond donors (Lipinski definition) is 0. The monoisotopic (exact) mass is 132 g/mol. The van der Waals surface area contributed by atoms with Crippen LogP contribution in [0.1, 0.15) is 6.92 Å². The predicted octanol–water partition coefficient (Wildman–Crippen LogP) is 1.11. The maximum Gasteiger partial charge on any atom is 0.315 e. The van der Waals surface area contributed by atoms with Crippen molar-refractivity contribution in [1.29, 1.82) is 0 Å². The molecular weight excluding hydrogens is 120 g/mol. The second-order valence-electron chi connectivity index (χ2n) is 1.31. The van der Waals surface area contributed by atoms with Crippen LogP contribution in [0.15, 0.2) is 12.2 Å². The quantitative estimate of drug-likeness (QED) is 0.536. The van der Waals surface area contributed by atoms with Gasteiger partial charge in [-0.25, -0.2) is 0 Å². The summed E-state index contributed by atoms with van der Waals surface area (Å²) in [5, 5.41) is 0. The molecule has 0 aromatic carbocycles. The summed E-state index contributed by atoms with van der Waals surface area (Å²) in [6.45, 7) is 2.46. The second-order valence-corrected chi connectivity index (χ2v) is 1.31. The minimum Gasteiger partial charge on any atom is -0.497 e. The van der Waals surface area contributed by atoms with Crippen LogP contribution in [0.2, 0.25) is 0 Å². The van der Waals surface area contributed by atoms with Crippen LogP contribution in [0, 0.1) is 0 Å². The normalized spacial score (nSPS) is 10.8. The molecule has 0 bridgehead atoms. The van der Waals surface area contributed by atoms with Crippen molar-refractivity contribution in [3.8, 4) is 0 Å². The molecule has 0 aliphatic rings. The van der Waals surface area contributed by atoms with Gasteiger partial charge in [0.05, 0.1) is 20.8 Å². The van der Waals surface area contributed by atoms with Gasteiger partial charge >= 0.3 is 5.95 Å². The first kappa shape index (κ1) is 8.14. The summed E-state index contributed by atoms with van der Waals surface area (Å²) < 4.78 is 14.3. The van der Waals surface area contributed by atoms with E-state index in [0.29, 0.717) is 12.6 Å². The second kappa shape index (κ2) is 5.28. The summed E-state index contributed by atoms with van der Waals surface area (Å²) in [5.74, 6) is 0.403. The lowest BCUT2D eigenvalue weighted by molar-refractivity contribution is 0.0556. The minimum absolute atomic E-state index is 0.403. The summed E-state index contributed by atoms with van der Waals surface area (Å²) in [5.41, 5.74) is 0. The molecule has 3 heteroatoms. The van der Waals surface area contributed by atoms with Gasteiger partial charge in [-0.3, -0.25) is 0 Å². The van der Waals surface area contributed by atoms with Gasteiger partial charge < -0.3 is 14.2 Å².